The molecule has 3 rings (SSSR count). The molecule has 0 aliphatic carbocycles. The molecule has 29 heavy (non-hydrogen) atoms. The first-order valence-corrected chi connectivity index (χ1v) is 12.6. The number of piperidine rings is 1. The van der Waals surface area contributed by atoms with Crippen molar-refractivity contribution in [2.24, 2.45) is 5.92 Å². The van der Waals surface area contributed by atoms with E-state index < -0.39 is 15.8 Å². The number of hydrogen-bond donors (Lipinski definition) is 1. The van der Waals surface area contributed by atoms with Crippen molar-refractivity contribution >= 4 is 44.2 Å². The Morgan fingerprint density at radius 1 is 1.28 bits per heavy atom. The summed E-state index contributed by atoms with van der Waals surface area (Å²) in [6.07, 6.45) is 0.891. The highest BCUT2D eigenvalue weighted by Crippen LogP contribution is 2.29. The van der Waals surface area contributed by atoms with Crippen LogP contribution in [0.2, 0.25) is 0 Å². The SMILES string of the molecule is CC(C)Sc1nnc(NC(=O)C2CCN(S(=O)(=O)Cc3ccc(F)cc3)CC2)s1. The van der Waals surface area contributed by atoms with E-state index in [-0.39, 0.29) is 30.7 Å². The quantitative estimate of drug-likeness (QED) is 0.505. The van der Waals surface area contributed by atoms with Crippen LogP contribution in [0, 0.1) is 11.7 Å². The fourth-order valence-corrected chi connectivity index (χ4v) is 6.54. The molecule has 7 nitrogen and oxygen atoms in total. The van der Waals surface area contributed by atoms with E-state index in [2.05, 4.69) is 29.4 Å². The summed E-state index contributed by atoms with van der Waals surface area (Å²) in [6, 6.07) is 5.45. The van der Waals surface area contributed by atoms with Gasteiger partial charge in [0.25, 0.3) is 0 Å². The lowest BCUT2D eigenvalue weighted by Gasteiger charge is -2.30. The highest BCUT2D eigenvalue weighted by atomic mass is 32.2. The summed E-state index contributed by atoms with van der Waals surface area (Å²) in [6.45, 7) is 4.68. The molecule has 11 heteroatoms. The Bertz CT molecular complexity index is 940. The molecule has 0 saturated carbocycles. The monoisotopic (exact) mass is 458 g/mol. The van der Waals surface area contributed by atoms with Crippen LogP contribution in [0.15, 0.2) is 28.6 Å². The van der Waals surface area contributed by atoms with Gasteiger partial charge in [0, 0.05) is 24.3 Å². The Morgan fingerprint density at radius 3 is 2.55 bits per heavy atom. The number of nitrogens with one attached hydrogen (secondary N) is 1. The van der Waals surface area contributed by atoms with E-state index in [1.54, 1.807) is 11.8 Å². The third kappa shape index (κ3) is 6.21. The number of carbonyl (C=O) groups is 1. The van der Waals surface area contributed by atoms with E-state index in [4.69, 9.17) is 0 Å². The predicted molar refractivity (Wildman–Crippen MR) is 113 cm³/mol. The number of nitrogens with zero attached hydrogens (tertiary/aromatic N) is 3. The van der Waals surface area contributed by atoms with E-state index in [9.17, 15) is 17.6 Å². The van der Waals surface area contributed by atoms with Gasteiger partial charge in [0.05, 0.1) is 5.75 Å². The predicted octanol–water partition coefficient (Wildman–Crippen LogP) is 3.36. The highest BCUT2D eigenvalue weighted by molar-refractivity contribution is 8.01. The van der Waals surface area contributed by atoms with Crippen molar-refractivity contribution in [2.45, 2.75) is 42.0 Å². The van der Waals surface area contributed by atoms with E-state index >= 15 is 0 Å². The normalized spacial score (nSPS) is 16.3. The number of amides is 1. The van der Waals surface area contributed by atoms with Gasteiger partial charge in [-0.15, -0.1) is 10.2 Å². The molecule has 2 aromatic rings. The van der Waals surface area contributed by atoms with E-state index in [1.807, 2.05) is 0 Å². The third-order valence-corrected chi connectivity index (χ3v) is 8.23. The fraction of sp³-hybridized carbons (Fsp3) is 0.500. The zero-order valence-corrected chi connectivity index (χ0v) is 18.6. The Labute approximate surface area is 178 Å². The van der Waals surface area contributed by atoms with Gasteiger partial charge < -0.3 is 5.32 Å². The smallest absolute Gasteiger partial charge is 0.229 e. The zero-order chi connectivity index (χ0) is 21.0. The number of benzene rings is 1. The summed E-state index contributed by atoms with van der Waals surface area (Å²) in [5.74, 6) is -0.996. The number of aromatic nitrogens is 2. The Kier molecular flexibility index (Phi) is 7.25. The Morgan fingerprint density at radius 2 is 1.93 bits per heavy atom. The number of rotatable bonds is 7. The van der Waals surface area contributed by atoms with Crippen LogP contribution in [0.5, 0.6) is 0 Å². The zero-order valence-electron chi connectivity index (χ0n) is 16.2. The molecule has 1 fully saturated rings. The van der Waals surface area contributed by atoms with Crippen molar-refractivity contribution in [3.8, 4) is 0 Å². The molecule has 1 aromatic carbocycles. The van der Waals surface area contributed by atoms with Crippen LogP contribution in [-0.2, 0) is 20.6 Å². The lowest BCUT2D eigenvalue weighted by molar-refractivity contribution is -0.120. The maximum Gasteiger partial charge on any atom is 0.229 e. The molecule has 0 unspecified atom stereocenters. The van der Waals surface area contributed by atoms with Crippen LogP contribution in [-0.4, -0.2) is 47.2 Å². The molecule has 0 atom stereocenters. The molecule has 158 valence electrons. The van der Waals surface area contributed by atoms with Crippen molar-refractivity contribution in [1.82, 2.24) is 14.5 Å². The number of anilines is 1. The molecule has 1 amide bonds. The Balaban J connectivity index is 1.52. The average Bonchev–Trinajstić information content (AvgIpc) is 3.09. The molecule has 0 spiro atoms. The third-order valence-electron chi connectivity index (χ3n) is 4.45. The van der Waals surface area contributed by atoms with Crippen LogP contribution < -0.4 is 5.32 Å². The summed E-state index contributed by atoms with van der Waals surface area (Å²) in [5, 5.41) is 11.7. The number of carbonyl (C=O) groups excluding carboxylic acids is 1. The summed E-state index contributed by atoms with van der Waals surface area (Å²) in [7, 11) is -3.51. The van der Waals surface area contributed by atoms with Gasteiger partial charge in [-0.3, -0.25) is 4.79 Å². The van der Waals surface area contributed by atoms with Crippen LogP contribution in [0.1, 0.15) is 32.3 Å². The van der Waals surface area contributed by atoms with Crippen LogP contribution in [0.4, 0.5) is 9.52 Å². The number of sulfonamides is 1. The summed E-state index contributed by atoms with van der Waals surface area (Å²) >= 11 is 2.92. The molecular formula is C18H23FN4O3S3. The molecule has 1 saturated heterocycles. The minimum absolute atomic E-state index is 0.155. The summed E-state index contributed by atoms with van der Waals surface area (Å²) in [4.78, 5) is 12.5. The van der Waals surface area contributed by atoms with Crippen LogP contribution >= 0.6 is 23.1 Å². The number of halogens is 1. The van der Waals surface area contributed by atoms with Gasteiger partial charge in [0.1, 0.15) is 5.82 Å². The molecule has 1 aliphatic heterocycles. The van der Waals surface area contributed by atoms with Crippen molar-refractivity contribution in [3.63, 3.8) is 0 Å². The van der Waals surface area contributed by atoms with Crippen molar-refractivity contribution in [3.05, 3.63) is 35.6 Å². The minimum Gasteiger partial charge on any atom is -0.300 e. The van der Waals surface area contributed by atoms with Crippen molar-refractivity contribution < 1.29 is 17.6 Å². The topological polar surface area (TPSA) is 92.3 Å². The molecule has 1 N–H and O–H groups in total. The lowest BCUT2D eigenvalue weighted by Crippen LogP contribution is -2.41. The van der Waals surface area contributed by atoms with Crippen molar-refractivity contribution in [2.75, 3.05) is 18.4 Å². The molecule has 0 bridgehead atoms. The number of thioether (sulfide) groups is 1. The van der Waals surface area contributed by atoms with E-state index in [0.29, 0.717) is 28.8 Å². The summed E-state index contributed by atoms with van der Waals surface area (Å²) in [5.41, 5.74) is 0.539. The van der Waals surface area contributed by atoms with Crippen LogP contribution in [0.25, 0.3) is 0 Å². The molecule has 1 aromatic heterocycles. The first-order chi connectivity index (χ1) is 13.7. The van der Waals surface area contributed by atoms with Gasteiger partial charge in [-0.05, 0) is 30.5 Å². The molecular weight excluding hydrogens is 435 g/mol. The maximum absolute atomic E-state index is 13.0. The van der Waals surface area contributed by atoms with Gasteiger partial charge in [-0.1, -0.05) is 49.1 Å². The second-order valence-corrected chi connectivity index (χ2v) is 11.9. The maximum atomic E-state index is 13.0. The summed E-state index contributed by atoms with van der Waals surface area (Å²) < 4.78 is 40.4. The Hall–Kier alpha value is -1.56. The van der Waals surface area contributed by atoms with Gasteiger partial charge in [-0.25, -0.2) is 17.1 Å². The largest absolute Gasteiger partial charge is 0.300 e. The minimum atomic E-state index is -3.51. The van der Waals surface area contributed by atoms with Gasteiger partial charge in [-0.2, -0.15) is 0 Å². The first-order valence-electron chi connectivity index (χ1n) is 9.26. The molecule has 2 heterocycles. The fourth-order valence-electron chi connectivity index (χ4n) is 3.00. The van der Waals surface area contributed by atoms with Gasteiger partial charge >= 0.3 is 0 Å². The first kappa shape index (κ1) is 22.1. The second kappa shape index (κ2) is 9.50. The van der Waals surface area contributed by atoms with Gasteiger partial charge in [0.2, 0.25) is 21.1 Å². The number of hydrogen-bond acceptors (Lipinski definition) is 7. The lowest BCUT2D eigenvalue weighted by atomic mass is 9.97. The van der Waals surface area contributed by atoms with E-state index in [1.165, 1.54) is 39.9 Å². The van der Waals surface area contributed by atoms with Gasteiger partial charge in [0.15, 0.2) is 4.34 Å². The average molecular weight is 459 g/mol. The highest BCUT2D eigenvalue weighted by Gasteiger charge is 2.31. The molecule has 1 aliphatic rings. The van der Waals surface area contributed by atoms with E-state index in [0.717, 1.165) is 4.34 Å². The standard InChI is InChI=1S/C18H23FN4O3S3/c1-12(2)27-18-22-21-17(28-18)20-16(24)14-7-9-23(10-8-14)29(25,26)11-13-3-5-15(19)6-4-13/h3-6,12,14H,7-11H2,1-2H3,(H,20,21,24). The second-order valence-electron chi connectivity index (χ2n) is 7.08. The molecule has 0 radical (unpaired) electrons. The van der Waals surface area contributed by atoms with Crippen molar-refractivity contribution in [1.29, 1.82) is 0 Å². The van der Waals surface area contributed by atoms with Crippen LogP contribution in [0.3, 0.4) is 0 Å².